The molecule has 0 aromatic heterocycles. The molecule has 1 aromatic carbocycles. The predicted molar refractivity (Wildman–Crippen MR) is 77.6 cm³/mol. The fraction of sp³-hybridized carbons (Fsp3) is 0.400. The molecule has 100 valence electrons. The molecule has 1 N–H and O–H groups in total. The molecule has 0 bridgehead atoms. The van der Waals surface area contributed by atoms with E-state index < -0.39 is 0 Å². The largest absolute Gasteiger partial charge is 0.355 e. The van der Waals surface area contributed by atoms with E-state index in [0.29, 0.717) is 16.0 Å². The maximum Gasteiger partial charge on any atom is 0.230 e. The molecule has 19 heavy (non-hydrogen) atoms. The van der Waals surface area contributed by atoms with Crippen LogP contribution in [-0.2, 0) is 4.79 Å². The minimum Gasteiger partial charge on any atom is -0.355 e. The van der Waals surface area contributed by atoms with E-state index in [0.717, 1.165) is 18.5 Å². The topological polar surface area (TPSA) is 29.1 Å². The Labute approximate surface area is 122 Å². The summed E-state index contributed by atoms with van der Waals surface area (Å²) in [6, 6.07) is 5.62. The Kier molecular flexibility index (Phi) is 3.11. The fourth-order valence-corrected chi connectivity index (χ4v) is 3.63. The Hall–Kier alpha value is -0.990. The smallest absolute Gasteiger partial charge is 0.230 e. The number of fused-ring (bicyclic) bond motifs is 1. The first-order valence-corrected chi connectivity index (χ1v) is 7.19. The maximum atomic E-state index is 11.9. The summed E-state index contributed by atoms with van der Waals surface area (Å²) >= 11 is 12.2. The Morgan fingerprint density at radius 2 is 2.16 bits per heavy atom. The van der Waals surface area contributed by atoms with Gasteiger partial charge in [0.15, 0.2) is 0 Å². The summed E-state index contributed by atoms with van der Waals surface area (Å²) in [5.41, 5.74) is 0.735. The van der Waals surface area contributed by atoms with Gasteiger partial charge >= 0.3 is 0 Å². The maximum absolute atomic E-state index is 11.9. The van der Waals surface area contributed by atoms with Crippen LogP contribution in [0.3, 0.4) is 0 Å². The molecule has 4 heteroatoms. The van der Waals surface area contributed by atoms with E-state index in [-0.39, 0.29) is 17.2 Å². The average Bonchev–Trinajstić information content (AvgIpc) is 2.66. The van der Waals surface area contributed by atoms with Gasteiger partial charge in [0.05, 0.1) is 5.41 Å². The van der Waals surface area contributed by atoms with E-state index in [1.165, 1.54) is 0 Å². The molecule has 0 saturated carbocycles. The lowest BCUT2D eigenvalue weighted by atomic mass is 9.69. The highest BCUT2D eigenvalue weighted by Crippen LogP contribution is 2.46. The van der Waals surface area contributed by atoms with Crippen LogP contribution < -0.4 is 5.32 Å². The molecule has 3 atom stereocenters. The summed E-state index contributed by atoms with van der Waals surface area (Å²) in [7, 11) is 0. The van der Waals surface area contributed by atoms with Gasteiger partial charge in [-0.1, -0.05) is 41.4 Å². The first-order chi connectivity index (χ1) is 9.00. The van der Waals surface area contributed by atoms with Crippen LogP contribution >= 0.6 is 23.2 Å². The number of hydrogen-bond donors (Lipinski definition) is 1. The third kappa shape index (κ3) is 2.07. The van der Waals surface area contributed by atoms with Gasteiger partial charge in [-0.3, -0.25) is 4.79 Å². The highest BCUT2D eigenvalue weighted by molar-refractivity contribution is 6.35. The second-order valence-corrected chi connectivity index (χ2v) is 6.40. The summed E-state index contributed by atoms with van der Waals surface area (Å²) in [4.78, 5) is 11.9. The number of carbonyl (C=O) groups is 1. The van der Waals surface area contributed by atoms with Crippen LogP contribution in [0.1, 0.15) is 24.8 Å². The molecule has 1 aromatic rings. The first kappa shape index (κ1) is 13.0. The van der Waals surface area contributed by atoms with E-state index in [1.807, 2.05) is 25.1 Å². The zero-order chi connectivity index (χ0) is 13.6. The van der Waals surface area contributed by atoms with Gasteiger partial charge in [-0.15, -0.1) is 0 Å². The van der Waals surface area contributed by atoms with Gasteiger partial charge in [0.1, 0.15) is 0 Å². The summed E-state index contributed by atoms with van der Waals surface area (Å²) in [6.45, 7) is 2.76. The summed E-state index contributed by atoms with van der Waals surface area (Å²) < 4.78 is 0. The summed E-state index contributed by atoms with van der Waals surface area (Å²) in [6.07, 6.45) is 5.09. The second kappa shape index (κ2) is 4.53. The molecule has 3 rings (SSSR count). The zero-order valence-corrected chi connectivity index (χ0v) is 12.1. The zero-order valence-electron chi connectivity index (χ0n) is 10.6. The van der Waals surface area contributed by atoms with E-state index in [1.54, 1.807) is 6.07 Å². The lowest BCUT2D eigenvalue weighted by molar-refractivity contribution is -0.125. The fourth-order valence-electron chi connectivity index (χ4n) is 3.08. The second-order valence-electron chi connectivity index (χ2n) is 5.56. The van der Waals surface area contributed by atoms with Gasteiger partial charge in [-0.25, -0.2) is 0 Å². The number of nitrogens with one attached hydrogen (secondary N) is 1. The van der Waals surface area contributed by atoms with Crippen molar-refractivity contribution in [2.24, 2.45) is 11.3 Å². The first-order valence-electron chi connectivity index (χ1n) is 6.43. The van der Waals surface area contributed by atoms with Gasteiger partial charge in [0.25, 0.3) is 0 Å². The molecule has 0 radical (unpaired) electrons. The van der Waals surface area contributed by atoms with Crippen LogP contribution in [0.15, 0.2) is 30.4 Å². The van der Waals surface area contributed by atoms with Crippen molar-refractivity contribution in [3.63, 3.8) is 0 Å². The molecule has 0 spiro atoms. The Bertz CT molecular complexity index is 569. The van der Waals surface area contributed by atoms with Crippen molar-refractivity contribution in [3.8, 4) is 0 Å². The van der Waals surface area contributed by atoms with Crippen molar-refractivity contribution in [2.45, 2.75) is 19.3 Å². The molecular formula is C15H15Cl2NO. The Balaban J connectivity index is 1.93. The SMILES string of the molecule is CC12C=CC(c3ccc(Cl)cc3Cl)CC1CNC2=O. The van der Waals surface area contributed by atoms with Gasteiger partial charge in [0.2, 0.25) is 5.91 Å². The van der Waals surface area contributed by atoms with Crippen LogP contribution in [0.25, 0.3) is 0 Å². The highest BCUT2D eigenvalue weighted by atomic mass is 35.5. The van der Waals surface area contributed by atoms with Crippen molar-refractivity contribution in [1.82, 2.24) is 5.32 Å². The van der Waals surface area contributed by atoms with E-state index in [4.69, 9.17) is 23.2 Å². The molecular weight excluding hydrogens is 281 g/mol. The highest BCUT2D eigenvalue weighted by Gasteiger charge is 2.47. The monoisotopic (exact) mass is 295 g/mol. The van der Waals surface area contributed by atoms with Crippen molar-refractivity contribution in [1.29, 1.82) is 0 Å². The van der Waals surface area contributed by atoms with Gasteiger partial charge in [-0.05, 0) is 37.0 Å². The number of allylic oxidation sites excluding steroid dienone is 1. The molecule has 1 fully saturated rings. The molecule has 1 saturated heterocycles. The number of halogens is 2. The number of rotatable bonds is 1. The standard InChI is InChI=1S/C15H15Cl2NO/c1-15-5-4-9(6-10(15)8-18-14(15)19)12-3-2-11(16)7-13(12)17/h2-5,7,9-10H,6,8H2,1H3,(H,18,19). The number of benzene rings is 1. The van der Waals surface area contributed by atoms with E-state index in [9.17, 15) is 4.79 Å². The van der Waals surface area contributed by atoms with Crippen molar-refractivity contribution in [3.05, 3.63) is 46.0 Å². The summed E-state index contributed by atoms with van der Waals surface area (Å²) in [5, 5.41) is 4.30. The lowest BCUT2D eigenvalue weighted by Crippen LogP contribution is -2.32. The average molecular weight is 296 g/mol. The van der Waals surface area contributed by atoms with Gasteiger partial charge < -0.3 is 5.32 Å². The molecule has 3 unspecified atom stereocenters. The number of amides is 1. The normalized spacial score (nSPS) is 33.1. The predicted octanol–water partition coefficient (Wildman–Crippen LogP) is 3.79. The van der Waals surface area contributed by atoms with Crippen LogP contribution in [0.4, 0.5) is 0 Å². The quantitative estimate of drug-likeness (QED) is 0.785. The lowest BCUT2D eigenvalue weighted by Gasteiger charge is -2.32. The van der Waals surface area contributed by atoms with Gasteiger partial charge in [0, 0.05) is 22.5 Å². The Morgan fingerprint density at radius 1 is 1.37 bits per heavy atom. The minimum atomic E-state index is -0.352. The minimum absolute atomic E-state index is 0.134. The van der Waals surface area contributed by atoms with Gasteiger partial charge in [-0.2, -0.15) is 0 Å². The third-order valence-corrected chi connectivity index (χ3v) is 4.98. The molecule has 2 nitrogen and oxygen atoms in total. The summed E-state index contributed by atoms with van der Waals surface area (Å²) in [5.74, 6) is 0.728. The molecule has 1 heterocycles. The molecule has 2 aliphatic rings. The van der Waals surface area contributed by atoms with Crippen molar-refractivity contribution in [2.75, 3.05) is 6.54 Å². The van der Waals surface area contributed by atoms with Crippen LogP contribution in [-0.4, -0.2) is 12.5 Å². The van der Waals surface area contributed by atoms with Crippen molar-refractivity contribution < 1.29 is 4.79 Å². The number of carbonyl (C=O) groups excluding carboxylic acids is 1. The molecule has 1 amide bonds. The van der Waals surface area contributed by atoms with E-state index >= 15 is 0 Å². The van der Waals surface area contributed by atoms with Crippen LogP contribution in [0.2, 0.25) is 10.0 Å². The van der Waals surface area contributed by atoms with E-state index in [2.05, 4.69) is 11.4 Å². The van der Waals surface area contributed by atoms with Crippen molar-refractivity contribution >= 4 is 29.1 Å². The molecule has 1 aliphatic carbocycles. The van der Waals surface area contributed by atoms with Crippen LogP contribution in [0.5, 0.6) is 0 Å². The number of hydrogen-bond acceptors (Lipinski definition) is 1. The Morgan fingerprint density at radius 3 is 2.89 bits per heavy atom. The third-order valence-electron chi connectivity index (χ3n) is 4.42. The molecule has 1 aliphatic heterocycles. The van der Waals surface area contributed by atoms with Crippen LogP contribution in [0, 0.1) is 11.3 Å².